The fourth-order valence-electron chi connectivity index (χ4n) is 2.40. The van der Waals surface area contributed by atoms with Crippen LogP contribution in [0.25, 0.3) is 11.2 Å². The zero-order valence-corrected chi connectivity index (χ0v) is 11.4. The average molecular weight is 316 g/mol. The van der Waals surface area contributed by atoms with Crippen molar-refractivity contribution in [2.75, 3.05) is 24.7 Å². The van der Waals surface area contributed by atoms with E-state index in [-0.39, 0.29) is 22.9 Å². The molecule has 2 aromatic heterocycles. The molecule has 0 aromatic carbocycles. The molecular formula is C11H14F2N6O3. The molecule has 0 unspecified atom stereocenters. The van der Waals surface area contributed by atoms with Crippen molar-refractivity contribution in [2.24, 2.45) is 0 Å². The summed E-state index contributed by atoms with van der Waals surface area (Å²) in [5, 5.41) is 21.3. The van der Waals surface area contributed by atoms with E-state index in [4.69, 9.17) is 15.6 Å². The van der Waals surface area contributed by atoms with Crippen LogP contribution in [0, 0.1) is 0 Å². The Kier molecular flexibility index (Phi) is 3.34. The molecule has 0 spiro atoms. The normalized spacial score (nSPS) is 27.4. The van der Waals surface area contributed by atoms with Crippen molar-refractivity contribution in [1.82, 2.24) is 19.5 Å². The van der Waals surface area contributed by atoms with E-state index >= 15 is 0 Å². The Balaban J connectivity index is 2.13. The van der Waals surface area contributed by atoms with Crippen molar-refractivity contribution >= 4 is 22.9 Å². The average Bonchev–Trinajstić information content (AvgIpc) is 2.98. The number of aromatic nitrogens is 4. The van der Waals surface area contributed by atoms with Gasteiger partial charge >= 0.3 is 5.92 Å². The number of alkyl halides is 2. The highest BCUT2D eigenvalue weighted by atomic mass is 19.3. The van der Waals surface area contributed by atoms with Crippen molar-refractivity contribution in [3.8, 4) is 0 Å². The molecule has 3 heterocycles. The SMILES string of the molecule is CNc1nc(N)nc2c1ncn2[C@@H]1O[C@H](CO)[C@@H](O)C1(F)F. The minimum Gasteiger partial charge on any atom is -0.394 e. The van der Waals surface area contributed by atoms with E-state index in [1.807, 2.05) is 0 Å². The summed E-state index contributed by atoms with van der Waals surface area (Å²) in [5.41, 5.74) is 5.82. The first-order valence-electron chi connectivity index (χ1n) is 6.40. The zero-order chi connectivity index (χ0) is 16.1. The Hall–Kier alpha value is -2.11. The van der Waals surface area contributed by atoms with Crippen molar-refractivity contribution in [2.45, 2.75) is 24.4 Å². The van der Waals surface area contributed by atoms with Crippen LogP contribution in [0.5, 0.6) is 0 Å². The number of ether oxygens (including phenoxy) is 1. The van der Waals surface area contributed by atoms with Gasteiger partial charge in [0.2, 0.25) is 12.2 Å². The number of hydrogen-bond acceptors (Lipinski definition) is 8. The lowest BCUT2D eigenvalue weighted by Gasteiger charge is -2.20. The number of fused-ring (bicyclic) bond motifs is 1. The van der Waals surface area contributed by atoms with Gasteiger partial charge in [0, 0.05) is 7.05 Å². The van der Waals surface area contributed by atoms with Crippen molar-refractivity contribution in [3.63, 3.8) is 0 Å². The monoisotopic (exact) mass is 316 g/mol. The van der Waals surface area contributed by atoms with Crippen LogP contribution in [0.4, 0.5) is 20.5 Å². The van der Waals surface area contributed by atoms with Crippen LogP contribution in [0.3, 0.4) is 0 Å². The highest BCUT2D eigenvalue weighted by molar-refractivity contribution is 5.84. The van der Waals surface area contributed by atoms with Crippen molar-refractivity contribution < 1.29 is 23.7 Å². The summed E-state index contributed by atoms with van der Waals surface area (Å²) >= 11 is 0. The molecule has 3 atom stereocenters. The largest absolute Gasteiger partial charge is 0.394 e. The van der Waals surface area contributed by atoms with Crippen molar-refractivity contribution in [1.29, 1.82) is 0 Å². The van der Waals surface area contributed by atoms with Gasteiger partial charge in [0.25, 0.3) is 0 Å². The Morgan fingerprint density at radius 2 is 2.23 bits per heavy atom. The third-order valence-corrected chi connectivity index (χ3v) is 3.49. The summed E-state index contributed by atoms with van der Waals surface area (Å²) in [6.45, 7) is -0.737. The number of imidazole rings is 1. The van der Waals surface area contributed by atoms with E-state index in [2.05, 4.69) is 20.3 Å². The Bertz CT molecular complexity index is 708. The number of nitrogens with one attached hydrogen (secondary N) is 1. The van der Waals surface area contributed by atoms with E-state index in [1.165, 1.54) is 0 Å². The van der Waals surface area contributed by atoms with Crippen LogP contribution < -0.4 is 11.1 Å². The molecule has 0 amide bonds. The van der Waals surface area contributed by atoms with Gasteiger partial charge in [0.15, 0.2) is 23.1 Å². The minimum atomic E-state index is -3.62. The molecule has 1 fully saturated rings. The summed E-state index contributed by atoms with van der Waals surface area (Å²) in [6.07, 6.45) is -4.29. The van der Waals surface area contributed by atoms with E-state index in [1.54, 1.807) is 7.05 Å². The molecule has 11 heteroatoms. The molecule has 2 aromatic rings. The fraction of sp³-hybridized carbons (Fsp3) is 0.545. The molecule has 0 saturated carbocycles. The van der Waals surface area contributed by atoms with Gasteiger partial charge in [-0.3, -0.25) is 4.57 Å². The van der Waals surface area contributed by atoms with Crippen molar-refractivity contribution in [3.05, 3.63) is 6.33 Å². The second kappa shape index (κ2) is 4.97. The Labute approximate surface area is 122 Å². The van der Waals surface area contributed by atoms with Crippen LogP contribution in [0.2, 0.25) is 0 Å². The number of aliphatic hydroxyl groups is 2. The van der Waals surface area contributed by atoms with Gasteiger partial charge < -0.3 is 26.0 Å². The van der Waals surface area contributed by atoms with E-state index < -0.39 is 31.0 Å². The quantitative estimate of drug-likeness (QED) is 0.586. The third-order valence-electron chi connectivity index (χ3n) is 3.49. The molecule has 0 bridgehead atoms. The minimum absolute atomic E-state index is 0.0346. The highest BCUT2D eigenvalue weighted by Gasteiger charge is 2.59. The summed E-state index contributed by atoms with van der Waals surface area (Å²) < 4.78 is 34.4. The second-order valence-corrected chi connectivity index (χ2v) is 4.83. The number of nitrogens with zero attached hydrogens (tertiary/aromatic N) is 4. The molecule has 120 valence electrons. The predicted octanol–water partition coefficient (Wildman–Crippen LogP) is -0.664. The van der Waals surface area contributed by atoms with Gasteiger partial charge in [0.05, 0.1) is 12.9 Å². The number of rotatable bonds is 3. The number of anilines is 2. The van der Waals surface area contributed by atoms with Gasteiger partial charge in [-0.1, -0.05) is 0 Å². The van der Waals surface area contributed by atoms with Gasteiger partial charge in [0.1, 0.15) is 6.10 Å². The molecule has 0 radical (unpaired) electrons. The molecule has 0 aliphatic carbocycles. The summed E-state index contributed by atoms with van der Waals surface area (Å²) in [6, 6.07) is 0. The standard InChI is InChI=1S/C11H14F2N6O3/c1-15-7-5-8(18-10(14)17-7)19(3-16-5)9-11(12,13)6(21)4(2-20)22-9/h3-4,6,9,20-21H,2H2,1H3,(H3,14,15,17,18)/t4-,6-,9-/m1/s1. The number of nitrogen functional groups attached to an aromatic ring is 1. The molecule has 1 aliphatic heterocycles. The molecule has 9 nitrogen and oxygen atoms in total. The van der Waals surface area contributed by atoms with E-state index in [0.717, 1.165) is 10.9 Å². The van der Waals surface area contributed by atoms with E-state index in [9.17, 15) is 13.9 Å². The third kappa shape index (κ3) is 1.97. The lowest BCUT2D eigenvalue weighted by atomic mass is 10.1. The first-order chi connectivity index (χ1) is 10.4. The molecular weight excluding hydrogens is 302 g/mol. The number of nitrogens with two attached hydrogens (primary N) is 1. The molecule has 5 N–H and O–H groups in total. The lowest BCUT2D eigenvalue weighted by molar-refractivity contribution is -0.138. The second-order valence-electron chi connectivity index (χ2n) is 4.83. The van der Waals surface area contributed by atoms with Gasteiger partial charge in [-0.2, -0.15) is 18.7 Å². The van der Waals surface area contributed by atoms with Crippen LogP contribution in [-0.4, -0.2) is 61.5 Å². The lowest BCUT2D eigenvalue weighted by Crippen LogP contribution is -2.39. The highest BCUT2D eigenvalue weighted by Crippen LogP contribution is 2.43. The summed E-state index contributed by atoms with van der Waals surface area (Å²) in [4.78, 5) is 11.8. The maximum absolute atomic E-state index is 14.2. The number of halogens is 2. The van der Waals surface area contributed by atoms with E-state index in [0.29, 0.717) is 0 Å². The topological polar surface area (TPSA) is 131 Å². The number of aliphatic hydroxyl groups excluding tert-OH is 2. The Morgan fingerprint density at radius 3 is 2.82 bits per heavy atom. The first kappa shape index (κ1) is 14.8. The number of hydrogen-bond donors (Lipinski definition) is 4. The smallest absolute Gasteiger partial charge is 0.320 e. The fourth-order valence-corrected chi connectivity index (χ4v) is 2.40. The van der Waals surface area contributed by atoms with Crippen LogP contribution in [0.15, 0.2) is 6.33 Å². The van der Waals surface area contributed by atoms with Crippen LogP contribution in [-0.2, 0) is 4.74 Å². The maximum Gasteiger partial charge on any atom is 0.320 e. The summed E-state index contributed by atoms with van der Waals surface area (Å²) in [7, 11) is 1.58. The molecule has 1 saturated heterocycles. The summed E-state index contributed by atoms with van der Waals surface area (Å²) in [5.74, 6) is -3.47. The zero-order valence-electron chi connectivity index (χ0n) is 11.4. The molecule has 1 aliphatic rings. The Morgan fingerprint density at radius 1 is 1.50 bits per heavy atom. The molecule has 3 rings (SSSR count). The maximum atomic E-state index is 14.2. The molecule has 22 heavy (non-hydrogen) atoms. The van der Waals surface area contributed by atoms with Gasteiger partial charge in [-0.05, 0) is 0 Å². The van der Waals surface area contributed by atoms with Crippen LogP contribution >= 0.6 is 0 Å². The van der Waals surface area contributed by atoms with Gasteiger partial charge in [-0.25, -0.2) is 4.98 Å². The first-order valence-corrected chi connectivity index (χ1v) is 6.40. The predicted molar refractivity (Wildman–Crippen MR) is 71.2 cm³/mol. The van der Waals surface area contributed by atoms with Crippen LogP contribution in [0.1, 0.15) is 6.23 Å². The van der Waals surface area contributed by atoms with Gasteiger partial charge in [-0.15, -0.1) is 0 Å².